The predicted molar refractivity (Wildman–Crippen MR) is 117 cm³/mol. The Morgan fingerprint density at radius 2 is 1.80 bits per heavy atom. The summed E-state index contributed by atoms with van der Waals surface area (Å²) in [6.45, 7) is -0.427. The van der Waals surface area contributed by atoms with Gasteiger partial charge in [-0.25, -0.2) is 0 Å². The molecule has 0 aliphatic carbocycles. The molecule has 2 aliphatic heterocycles. The molecule has 1 fully saturated rings. The average molecular weight is 490 g/mol. The summed E-state index contributed by atoms with van der Waals surface area (Å²) in [5.74, 6) is 0.0170. The van der Waals surface area contributed by atoms with Crippen LogP contribution in [0.25, 0.3) is 22.3 Å². The Morgan fingerprint density at radius 3 is 2.51 bits per heavy atom. The van der Waals surface area contributed by atoms with Crippen LogP contribution in [-0.4, -0.2) is 72.6 Å². The number of phenolic OH excluding ortho intramolecular Hbond substituents is 1. The SMILES string of the molecule is COc1ccc(-c2oc3cc4c(c(OC)c3c(=O)c2OC2OCC(O)C(O)C2O)OCO4)cc1O. The highest BCUT2D eigenvalue weighted by Crippen LogP contribution is 2.47. The molecular formula is C23H22O12. The molecule has 0 bridgehead atoms. The van der Waals surface area contributed by atoms with Crippen molar-refractivity contribution in [2.75, 3.05) is 27.6 Å². The van der Waals surface area contributed by atoms with E-state index >= 15 is 0 Å². The zero-order chi connectivity index (χ0) is 24.9. The highest BCUT2D eigenvalue weighted by atomic mass is 16.7. The van der Waals surface area contributed by atoms with Crippen LogP contribution in [0.15, 0.2) is 33.5 Å². The first-order valence-electron chi connectivity index (χ1n) is 10.5. The van der Waals surface area contributed by atoms with Crippen molar-refractivity contribution in [2.45, 2.75) is 24.6 Å². The second-order valence-electron chi connectivity index (χ2n) is 7.86. The van der Waals surface area contributed by atoms with E-state index < -0.39 is 35.8 Å². The number of aliphatic hydroxyl groups is 3. The molecular weight excluding hydrogens is 468 g/mol. The van der Waals surface area contributed by atoms with Crippen molar-refractivity contribution in [2.24, 2.45) is 0 Å². The molecule has 0 radical (unpaired) electrons. The van der Waals surface area contributed by atoms with Crippen molar-refractivity contribution in [3.8, 4) is 45.8 Å². The molecule has 2 aromatic carbocycles. The normalized spacial score (nSPS) is 23.3. The molecule has 12 heteroatoms. The van der Waals surface area contributed by atoms with Gasteiger partial charge in [0.05, 0.1) is 20.8 Å². The van der Waals surface area contributed by atoms with Gasteiger partial charge in [-0.3, -0.25) is 4.79 Å². The number of methoxy groups -OCH3 is 2. The molecule has 4 atom stereocenters. The zero-order valence-corrected chi connectivity index (χ0v) is 18.6. The number of fused-ring (bicyclic) bond motifs is 2. The minimum absolute atomic E-state index is 0.0286. The van der Waals surface area contributed by atoms with Crippen LogP contribution in [0.1, 0.15) is 0 Å². The summed E-state index contributed by atoms with van der Waals surface area (Å²) in [5, 5.41) is 40.4. The molecule has 186 valence electrons. The van der Waals surface area contributed by atoms with Crippen LogP contribution < -0.4 is 29.1 Å². The number of aromatic hydroxyl groups is 1. The average Bonchev–Trinajstić information content (AvgIpc) is 3.32. The smallest absolute Gasteiger partial charge is 0.239 e. The quantitative estimate of drug-likeness (QED) is 0.397. The van der Waals surface area contributed by atoms with Gasteiger partial charge >= 0.3 is 0 Å². The molecule has 3 aromatic rings. The van der Waals surface area contributed by atoms with Gasteiger partial charge in [0.1, 0.15) is 29.3 Å². The van der Waals surface area contributed by atoms with Gasteiger partial charge in [0, 0.05) is 11.6 Å². The maximum atomic E-state index is 13.7. The number of phenols is 1. The van der Waals surface area contributed by atoms with E-state index in [-0.39, 0.29) is 58.7 Å². The van der Waals surface area contributed by atoms with Crippen LogP contribution in [-0.2, 0) is 4.74 Å². The molecule has 1 saturated heterocycles. The zero-order valence-electron chi connectivity index (χ0n) is 18.6. The van der Waals surface area contributed by atoms with Gasteiger partial charge in [0.2, 0.25) is 30.0 Å². The topological polar surface area (TPSA) is 167 Å². The third kappa shape index (κ3) is 3.76. The van der Waals surface area contributed by atoms with Crippen molar-refractivity contribution in [1.29, 1.82) is 0 Å². The number of aliphatic hydroxyl groups excluding tert-OH is 3. The van der Waals surface area contributed by atoms with Gasteiger partial charge in [-0.2, -0.15) is 0 Å². The highest BCUT2D eigenvalue weighted by Gasteiger charge is 2.40. The summed E-state index contributed by atoms with van der Waals surface area (Å²) in [7, 11) is 2.73. The largest absolute Gasteiger partial charge is 0.504 e. The summed E-state index contributed by atoms with van der Waals surface area (Å²) >= 11 is 0. The van der Waals surface area contributed by atoms with Crippen molar-refractivity contribution in [3.05, 3.63) is 34.5 Å². The predicted octanol–water partition coefficient (Wildman–Crippen LogP) is 0.729. The number of hydrogen-bond acceptors (Lipinski definition) is 12. The Labute approximate surface area is 197 Å². The summed E-state index contributed by atoms with van der Waals surface area (Å²) in [6.07, 6.45) is -6.10. The third-order valence-corrected chi connectivity index (χ3v) is 5.77. The van der Waals surface area contributed by atoms with E-state index in [1.165, 1.54) is 38.5 Å². The second-order valence-corrected chi connectivity index (χ2v) is 7.86. The van der Waals surface area contributed by atoms with Crippen molar-refractivity contribution in [1.82, 2.24) is 0 Å². The fraction of sp³-hybridized carbons (Fsp3) is 0.348. The maximum absolute atomic E-state index is 13.7. The number of hydrogen-bond donors (Lipinski definition) is 4. The lowest BCUT2D eigenvalue weighted by Crippen LogP contribution is -2.55. The minimum atomic E-state index is -1.68. The molecule has 5 rings (SSSR count). The second kappa shape index (κ2) is 8.82. The lowest BCUT2D eigenvalue weighted by molar-refractivity contribution is -0.242. The Morgan fingerprint density at radius 1 is 1.00 bits per heavy atom. The molecule has 0 saturated carbocycles. The van der Waals surface area contributed by atoms with Gasteiger partial charge in [0.25, 0.3) is 0 Å². The van der Waals surface area contributed by atoms with E-state index in [0.717, 1.165) is 0 Å². The first kappa shape index (κ1) is 23.1. The minimum Gasteiger partial charge on any atom is -0.504 e. The Kier molecular flexibility index (Phi) is 5.81. The third-order valence-electron chi connectivity index (χ3n) is 5.77. The number of benzene rings is 2. The van der Waals surface area contributed by atoms with E-state index in [0.29, 0.717) is 5.75 Å². The van der Waals surface area contributed by atoms with Crippen LogP contribution >= 0.6 is 0 Å². The molecule has 2 aliphatic rings. The molecule has 12 nitrogen and oxygen atoms in total. The van der Waals surface area contributed by atoms with E-state index in [1.807, 2.05) is 0 Å². The van der Waals surface area contributed by atoms with Gasteiger partial charge in [-0.05, 0) is 18.2 Å². The monoisotopic (exact) mass is 490 g/mol. The van der Waals surface area contributed by atoms with Crippen LogP contribution in [0.5, 0.6) is 34.5 Å². The number of rotatable bonds is 5. The highest BCUT2D eigenvalue weighted by molar-refractivity contribution is 5.92. The summed E-state index contributed by atoms with van der Waals surface area (Å²) in [6, 6.07) is 5.75. The van der Waals surface area contributed by atoms with Crippen LogP contribution in [0.3, 0.4) is 0 Å². The fourth-order valence-electron chi connectivity index (χ4n) is 3.98. The van der Waals surface area contributed by atoms with Gasteiger partial charge in [-0.1, -0.05) is 0 Å². The summed E-state index contributed by atoms with van der Waals surface area (Å²) < 4.78 is 38.4. The first-order chi connectivity index (χ1) is 16.8. The van der Waals surface area contributed by atoms with E-state index in [2.05, 4.69) is 0 Å². The maximum Gasteiger partial charge on any atom is 0.239 e. The van der Waals surface area contributed by atoms with Gasteiger partial charge in [0.15, 0.2) is 28.8 Å². The summed E-state index contributed by atoms with van der Waals surface area (Å²) in [5.41, 5.74) is -0.391. The lowest BCUT2D eigenvalue weighted by Gasteiger charge is -2.34. The lowest BCUT2D eigenvalue weighted by atomic mass is 10.1. The van der Waals surface area contributed by atoms with Crippen molar-refractivity contribution in [3.63, 3.8) is 0 Å². The van der Waals surface area contributed by atoms with Crippen molar-refractivity contribution < 1.29 is 53.3 Å². The number of ether oxygens (including phenoxy) is 6. The molecule has 3 heterocycles. The standard InChI is InChI=1S/C23H22O12/c1-29-12-4-3-9(5-10(12)24)19-22(35-23-18(28)16(26)11(25)7-31-23)17(27)15-13(34-19)6-14-20(21(15)30-2)33-8-32-14/h3-6,11,16,18,23-26,28H,7-8H2,1-2H3. The van der Waals surface area contributed by atoms with Crippen LogP contribution in [0.2, 0.25) is 0 Å². The molecule has 35 heavy (non-hydrogen) atoms. The molecule has 1 aromatic heterocycles. The summed E-state index contributed by atoms with van der Waals surface area (Å²) in [4.78, 5) is 13.7. The van der Waals surface area contributed by atoms with E-state index in [9.17, 15) is 25.2 Å². The van der Waals surface area contributed by atoms with E-state index in [4.69, 9.17) is 32.8 Å². The molecule has 0 amide bonds. The molecule has 4 N–H and O–H groups in total. The van der Waals surface area contributed by atoms with Crippen molar-refractivity contribution >= 4 is 11.0 Å². The molecule has 0 spiro atoms. The Balaban J connectivity index is 1.73. The Hall–Kier alpha value is -3.71. The van der Waals surface area contributed by atoms with Gasteiger partial charge < -0.3 is 53.3 Å². The van der Waals surface area contributed by atoms with Crippen LogP contribution in [0, 0.1) is 0 Å². The van der Waals surface area contributed by atoms with E-state index in [1.54, 1.807) is 0 Å². The Bertz CT molecular complexity index is 1330. The first-order valence-corrected chi connectivity index (χ1v) is 10.5. The molecule has 4 unspecified atom stereocenters. The van der Waals surface area contributed by atoms with Gasteiger partial charge in [-0.15, -0.1) is 0 Å². The van der Waals surface area contributed by atoms with Crippen LogP contribution in [0.4, 0.5) is 0 Å². The fourth-order valence-corrected chi connectivity index (χ4v) is 3.98.